The van der Waals surface area contributed by atoms with Crippen molar-refractivity contribution in [1.82, 2.24) is 4.31 Å². The Kier molecular flexibility index (Phi) is 5.33. The van der Waals surface area contributed by atoms with Gasteiger partial charge in [-0.1, -0.05) is 13.0 Å². The molecule has 18 heavy (non-hydrogen) atoms. The Bertz CT molecular complexity index is 515. The fourth-order valence-electron chi connectivity index (χ4n) is 1.81. The first kappa shape index (κ1) is 15.6. The Balaban J connectivity index is 3.35. The molecule has 2 N–H and O–H groups in total. The average molecular weight is 335 g/mol. The third-order valence-corrected chi connectivity index (χ3v) is 5.85. The van der Waals surface area contributed by atoms with Gasteiger partial charge in [-0.25, -0.2) is 8.42 Å². The Morgan fingerprint density at radius 1 is 1.39 bits per heavy atom. The molecule has 4 nitrogen and oxygen atoms in total. The van der Waals surface area contributed by atoms with Gasteiger partial charge in [0.15, 0.2) is 0 Å². The van der Waals surface area contributed by atoms with Gasteiger partial charge < -0.3 is 5.73 Å². The molecule has 0 radical (unpaired) electrons. The van der Waals surface area contributed by atoms with Gasteiger partial charge in [0.05, 0.1) is 4.90 Å². The van der Waals surface area contributed by atoms with Crippen molar-refractivity contribution in [1.29, 1.82) is 0 Å². The van der Waals surface area contributed by atoms with Gasteiger partial charge in [-0.05, 0) is 47.5 Å². The Labute approximate surface area is 117 Å². The van der Waals surface area contributed by atoms with Crippen LogP contribution in [0.2, 0.25) is 0 Å². The Morgan fingerprint density at radius 2 is 2.00 bits per heavy atom. The van der Waals surface area contributed by atoms with Crippen LogP contribution >= 0.6 is 15.9 Å². The minimum absolute atomic E-state index is 0.0755. The highest BCUT2D eigenvalue weighted by Gasteiger charge is 2.27. The summed E-state index contributed by atoms with van der Waals surface area (Å²) < 4.78 is 27.1. The van der Waals surface area contributed by atoms with E-state index < -0.39 is 10.0 Å². The lowest BCUT2D eigenvalue weighted by atomic mass is 10.2. The first-order valence-electron chi connectivity index (χ1n) is 5.85. The summed E-state index contributed by atoms with van der Waals surface area (Å²) in [5.41, 5.74) is 6.36. The molecule has 0 atom stereocenters. The Morgan fingerprint density at radius 3 is 2.44 bits per heavy atom. The van der Waals surface area contributed by atoms with Gasteiger partial charge in [0, 0.05) is 23.6 Å². The quantitative estimate of drug-likeness (QED) is 0.898. The molecule has 0 fully saturated rings. The maximum Gasteiger partial charge on any atom is 0.244 e. The summed E-state index contributed by atoms with van der Waals surface area (Å²) >= 11 is 3.30. The lowest BCUT2D eigenvalue weighted by Gasteiger charge is -2.25. The zero-order valence-electron chi connectivity index (χ0n) is 10.9. The molecule has 0 aliphatic carbocycles. The molecule has 0 aromatic heterocycles. The minimum atomic E-state index is -3.48. The zero-order chi connectivity index (χ0) is 13.9. The van der Waals surface area contributed by atoms with E-state index in [-0.39, 0.29) is 10.9 Å². The fourth-order valence-corrected chi connectivity index (χ4v) is 4.43. The van der Waals surface area contributed by atoms with Crippen molar-refractivity contribution in [3.05, 3.63) is 28.2 Å². The van der Waals surface area contributed by atoms with Crippen LogP contribution in [0.3, 0.4) is 0 Å². The van der Waals surface area contributed by atoms with Crippen molar-refractivity contribution in [2.75, 3.05) is 6.54 Å². The predicted molar refractivity (Wildman–Crippen MR) is 76.7 cm³/mol. The van der Waals surface area contributed by atoms with Crippen molar-refractivity contribution >= 4 is 26.0 Å². The van der Waals surface area contributed by atoms with Crippen molar-refractivity contribution in [3.63, 3.8) is 0 Å². The third kappa shape index (κ3) is 3.12. The largest absolute Gasteiger partial charge is 0.326 e. The molecule has 1 aromatic rings. The molecule has 0 saturated carbocycles. The van der Waals surface area contributed by atoms with Crippen molar-refractivity contribution < 1.29 is 8.42 Å². The van der Waals surface area contributed by atoms with Crippen LogP contribution in [0.15, 0.2) is 27.6 Å². The van der Waals surface area contributed by atoms with E-state index in [1.165, 1.54) is 4.31 Å². The molecule has 0 aliphatic rings. The molecule has 6 heteroatoms. The normalized spacial score (nSPS) is 12.4. The number of nitrogens with two attached hydrogens (primary N) is 1. The molecular weight excluding hydrogens is 316 g/mol. The van der Waals surface area contributed by atoms with E-state index in [4.69, 9.17) is 5.73 Å². The molecule has 0 bridgehead atoms. The van der Waals surface area contributed by atoms with Crippen LogP contribution in [0.25, 0.3) is 0 Å². The Hall–Kier alpha value is -0.430. The van der Waals surface area contributed by atoms with E-state index in [1.54, 1.807) is 12.1 Å². The molecule has 0 amide bonds. The summed E-state index contributed by atoms with van der Waals surface area (Å²) in [6, 6.07) is 5.09. The molecule has 1 aromatic carbocycles. The van der Waals surface area contributed by atoms with Gasteiger partial charge in [0.2, 0.25) is 10.0 Å². The maximum absolute atomic E-state index is 12.5. The van der Waals surface area contributed by atoms with Crippen molar-refractivity contribution in [2.45, 2.75) is 38.3 Å². The van der Waals surface area contributed by atoms with Gasteiger partial charge in [-0.2, -0.15) is 4.31 Å². The first-order chi connectivity index (χ1) is 8.34. The van der Waals surface area contributed by atoms with Crippen LogP contribution in [0.4, 0.5) is 0 Å². The second kappa shape index (κ2) is 6.14. The standard InChI is InChI=1S/C12H19BrN2O2S/c1-4-15(9(2)3)18(16,17)12-7-10(8-14)5-6-11(12)13/h5-7,9H,4,8,14H2,1-3H3. The van der Waals surface area contributed by atoms with Gasteiger partial charge in [-0.3, -0.25) is 0 Å². The van der Waals surface area contributed by atoms with E-state index in [0.717, 1.165) is 5.56 Å². The highest BCUT2D eigenvalue weighted by Crippen LogP contribution is 2.27. The SMILES string of the molecule is CCN(C(C)C)S(=O)(=O)c1cc(CN)ccc1Br. The molecule has 102 valence electrons. The van der Waals surface area contributed by atoms with Gasteiger partial charge >= 0.3 is 0 Å². The average Bonchev–Trinajstić information content (AvgIpc) is 2.29. The van der Waals surface area contributed by atoms with Crippen molar-refractivity contribution in [2.24, 2.45) is 5.73 Å². The van der Waals surface area contributed by atoms with E-state index >= 15 is 0 Å². The number of benzene rings is 1. The van der Waals surface area contributed by atoms with Crippen molar-refractivity contribution in [3.8, 4) is 0 Å². The predicted octanol–water partition coefficient (Wildman–Crippen LogP) is 2.33. The third-order valence-electron chi connectivity index (χ3n) is 2.71. The fraction of sp³-hybridized carbons (Fsp3) is 0.500. The monoisotopic (exact) mass is 334 g/mol. The van der Waals surface area contributed by atoms with Gasteiger partial charge in [0.1, 0.15) is 0 Å². The molecule has 1 rings (SSSR count). The zero-order valence-corrected chi connectivity index (χ0v) is 13.3. The summed E-state index contributed by atoms with van der Waals surface area (Å²) in [6.07, 6.45) is 0. The van der Waals surface area contributed by atoms with Crippen LogP contribution in [-0.2, 0) is 16.6 Å². The topological polar surface area (TPSA) is 63.4 Å². The molecule has 0 saturated heterocycles. The van der Waals surface area contributed by atoms with E-state index in [0.29, 0.717) is 17.6 Å². The second-order valence-corrected chi connectivity index (χ2v) is 6.98. The number of halogens is 1. The molecule has 0 aliphatic heterocycles. The lowest BCUT2D eigenvalue weighted by molar-refractivity contribution is 0.369. The molecule has 0 spiro atoms. The highest BCUT2D eigenvalue weighted by atomic mass is 79.9. The highest BCUT2D eigenvalue weighted by molar-refractivity contribution is 9.10. The number of rotatable bonds is 5. The molecule has 0 unspecified atom stereocenters. The maximum atomic E-state index is 12.5. The van der Waals surface area contributed by atoms with E-state index in [2.05, 4.69) is 15.9 Å². The number of sulfonamides is 1. The minimum Gasteiger partial charge on any atom is -0.326 e. The summed E-state index contributed by atoms with van der Waals surface area (Å²) in [4.78, 5) is 0.279. The summed E-state index contributed by atoms with van der Waals surface area (Å²) in [5.74, 6) is 0. The first-order valence-corrected chi connectivity index (χ1v) is 8.08. The van der Waals surface area contributed by atoms with E-state index in [1.807, 2.05) is 26.8 Å². The second-order valence-electron chi connectivity index (χ2n) is 4.27. The smallest absolute Gasteiger partial charge is 0.244 e. The van der Waals surface area contributed by atoms with Crippen LogP contribution in [0, 0.1) is 0 Å². The number of hydrogen-bond acceptors (Lipinski definition) is 3. The molecular formula is C12H19BrN2O2S. The summed E-state index contributed by atoms with van der Waals surface area (Å²) in [5, 5.41) is 0. The number of hydrogen-bond donors (Lipinski definition) is 1. The van der Waals surface area contributed by atoms with Crippen LogP contribution < -0.4 is 5.73 Å². The van der Waals surface area contributed by atoms with Crippen LogP contribution in [0.5, 0.6) is 0 Å². The van der Waals surface area contributed by atoms with Crippen LogP contribution in [-0.4, -0.2) is 25.3 Å². The van der Waals surface area contributed by atoms with E-state index in [9.17, 15) is 8.42 Å². The lowest BCUT2D eigenvalue weighted by Crippen LogP contribution is -2.36. The van der Waals surface area contributed by atoms with Crippen LogP contribution in [0.1, 0.15) is 26.3 Å². The molecule has 0 heterocycles. The summed E-state index contributed by atoms with van der Waals surface area (Å²) in [6.45, 7) is 6.32. The summed E-state index contributed by atoms with van der Waals surface area (Å²) in [7, 11) is -3.48. The number of nitrogens with zero attached hydrogens (tertiary/aromatic N) is 1. The van der Waals surface area contributed by atoms with Gasteiger partial charge in [0.25, 0.3) is 0 Å². The van der Waals surface area contributed by atoms with Gasteiger partial charge in [-0.15, -0.1) is 0 Å².